The summed E-state index contributed by atoms with van der Waals surface area (Å²) in [7, 11) is -2.14. The molecule has 0 aliphatic carbocycles. The molecule has 3 rings (SSSR count). The zero-order chi connectivity index (χ0) is 27.2. The molecule has 9 nitrogen and oxygen atoms in total. The van der Waals surface area contributed by atoms with Gasteiger partial charge < -0.3 is 19.7 Å². The Hall–Kier alpha value is -2.69. The molecule has 37 heavy (non-hydrogen) atoms. The Morgan fingerprint density at radius 1 is 1.08 bits per heavy atom. The number of nitrogens with zero attached hydrogens (tertiary/aromatic N) is 2. The van der Waals surface area contributed by atoms with E-state index in [1.807, 2.05) is 6.92 Å². The lowest BCUT2D eigenvalue weighted by Gasteiger charge is -2.31. The molecule has 202 valence electrons. The molecule has 0 aromatic heterocycles. The number of rotatable bonds is 11. The van der Waals surface area contributed by atoms with Crippen LogP contribution in [0.1, 0.15) is 31.7 Å². The largest absolute Gasteiger partial charge is 0.486 e. The van der Waals surface area contributed by atoms with E-state index in [-0.39, 0.29) is 37.7 Å². The first-order valence-corrected chi connectivity index (χ1v) is 14.5. The van der Waals surface area contributed by atoms with Crippen LogP contribution in [0, 0.1) is 0 Å². The second-order valence-electron chi connectivity index (χ2n) is 8.53. The monoisotopic (exact) mass is 571 g/mol. The summed E-state index contributed by atoms with van der Waals surface area (Å²) < 4.78 is 37.5. The van der Waals surface area contributed by atoms with Crippen LogP contribution in [0.2, 0.25) is 10.0 Å². The predicted octanol–water partition coefficient (Wildman–Crippen LogP) is 3.86. The lowest BCUT2D eigenvalue weighted by molar-refractivity contribution is -0.141. The first-order valence-electron chi connectivity index (χ1n) is 11.9. The quantitative estimate of drug-likeness (QED) is 0.439. The third kappa shape index (κ3) is 7.21. The van der Waals surface area contributed by atoms with Crippen molar-refractivity contribution in [2.45, 2.75) is 38.8 Å². The zero-order valence-corrected chi connectivity index (χ0v) is 23.3. The first kappa shape index (κ1) is 28.9. The molecule has 0 saturated heterocycles. The molecule has 0 saturated carbocycles. The summed E-state index contributed by atoms with van der Waals surface area (Å²) in [4.78, 5) is 27.4. The maximum absolute atomic E-state index is 13.4. The average Bonchev–Trinajstić information content (AvgIpc) is 2.86. The van der Waals surface area contributed by atoms with Crippen molar-refractivity contribution in [3.63, 3.8) is 0 Å². The molecular formula is C25H31Cl2N3O6S. The van der Waals surface area contributed by atoms with Gasteiger partial charge in [0.2, 0.25) is 21.8 Å². The van der Waals surface area contributed by atoms with E-state index in [2.05, 4.69) is 5.32 Å². The summed E-state index contributed by atoms with van der Waals surface area (Å²) in [6.45, 7) is 2.71. The number of ether oxygens (including phenoxy) is 2. The molecule has 1 heterocycles. The van der Waals surface area contributed by atoms with Crippen molar-refractivity contribution in [1.29, 1.82) is 0 Å². The van der Waals surface area contributed by atoms with E-state index < -0.39 is 16.1 Å². The molecule has 0 spiro atoms. The van der Waals surface area contributed by atoms with Gasteiger partial charge in [-0.25, -0.2) is 8.42 Å². The number of fused-ring (bicyclic) bond motifs is 1. The number of sulfonamides is 1. The van der Waals surface area contributed by atoms with E-state index in [4.69, 9.17) is 32.7 Å². The van der Waals surface area contributed by atoms with Crippen LogP contribution in [0.5, 0.6) is 11.5 Å². The van der Waals surface area contributed by atoms with Crippen molar-refractivity contribution < 1.29 is 27.5 Å². The van der Waals surface area contributed by atoms with E-state index in [1.54, 1.807) is 36.4 Å². The third-order valence-corrected chi connectivity index (χ3v) is 7.89. The highest BCUT2D eigenvalue weighted by Gasteiger charge is 2.29. The molecule has 1 aliphatic rings. The average molecular weight is 573 g/mol. The van der Waals surface area contributed by atoms with Gasteiger partial charge in [-0.15, -0.1) is 0 Å². The van der Waals surface area contributed by atoms with Crippen LogP contribution in [-0.2, 0) is 26.2 Å². The van der Waals surface area contributed by atoms with Gasteiger partial charge in [-0.1, -0.05) is 36.2 Å². The first-order chi connectivity index (χ1) is 17.6. The predicted molar refractivity (Wildman–Crippen MR) is 144 cm³/mol. The number of halogens is 2. The summed E-state index contributed by atoms with van der Waals surface area (Å²) in [6.07, 6.45) is 1.71. The van der Waals surface area contributed by atoms with Crippen LogP contribution in [0.15, 0.2) is 36.4 Å². The number of amides is 2. The number of hydrogen-bond acceptors (Lipinski definition) is 6. The van der Waals surface area contributed by atoms with Gasteiger partial charge in [-0.05, 0) is 37.1 Å². The molecule has 2 amide bonds. The minimum Gasteiger partial charge on any atom is -0.486 e. The zero-order valence-electron chi connectivity index (χ0n) is 21.0. The third-order valence-electron chi connectivity index (χ3n) is 5.99. The molecule has 2 aromatic carbocycles. The highest BCUT2D eigenvalue weighted by molar-refractivity contribution is 7.92. The van der Waals surface area contributed by atoms with Gasteiger partial charge in [-0.3, -0.25) is 13.9 Å². The number of anilines is 1. The fourth-order valence-electron chi connectivity index (χ4n) is 4.13. The Kier molecular flexibility index (Phi) is 9.92. The van der Waals surface area contributed by atoms with Crippen molar-refractivity contribution >= 4 is 50.7 Å². The topological polar surface area (TPSA) is 105 Å². The van der Waals surface area contributed by atoms with E-state index in [1.165, 1.54) is 16.3 Å². The lowest BCUT2D eigenvalue weighted by Crippen LogP contribution is -2.48. The van der Waals surface area contributed by atoms with Gasteiger partial charge in [0.05, 0.1) is 11.9 Å². The van der Waals surface area contributed by atoms with Crippen molar-refractivity contribution in [3.8, 4) is 11.5 Å². The standard InChI is InChI=1S/C25H31Cl2N3O6S/c1-4-21(25(32)28-2)29(16-18-19(26)7-5-8-20(18)27)24(31)9-6-12-30(37(3,33)34)17-10-11-22-23(15-17)36-14-13-35-22/h5,7-8,10-11,15,21H,4,6,9,12-14,16H2,1-3H3,(H,28,32). The summed E-state index contributed by atoms with van der Waals surface area (Å²) in [5.41, 5.74) is 0.950. The van der Waals surface area contributed by atoms with E-state index in [9.17, 15) is 18.0 Å². The van der Waals surface area contributed by atoms with Gasteiger partial charge in [0.25, 0.3) is 0 Å². The second kappa shape index (κ2) is 12.7. The molecule has 1 N–H and O–H groups in total. The van der Waals surface area contributed by atoms with Crippen molar-refractivity contribution in [2.24, 2.45) is 0 Å². The highest BCUT2D eigenvalue weighted by atomic mass is 35.5. The SMILES string of the molecule is CCC(C(=O)NC)N(Cc1c(Cl)cccc1Cl)C(=O)CCCN(c1ccc2c(c1)OCCO2)S(C)(=O)=O. The molecule has 0 radical (unpaired) electrons. The molecule has 1 aliphatic heterocycles. The van der Waals surface area contributed by atoms with Gasteiger partial charge in [-0.2, -0.15) is 0 Å². The summed E-state index contributed by atoms with van der Waals surface area (Å²) >= 11 is 12.7. The number of nitrogens with one attached hydrogen (secondary N) is 1. The second-order valence-corrected chi connectivity index (χ2v) is 11.2. The molecule has 1 atom stereocenters. The molecule has 1 unspecified atom stereocenters. The van der Waals surface area contributed by atoms with Crippen molar-refractivity contribution in [3.05, 3.63) is 52.0 Å². The van der Waals surface area contributed by atoms with Gasteiger partial charge in [0, 0.05) is 48.2 Å². The molecule has 0 bridgehead atoms. The van der Waals surface area contributed by atoms with Crippen LogP contribution < -0.4 is 19.1 Å². The van der Waals surface area contributed by atoms with Gasteiger partial charge >= 0.3 is 0 Å². The molecule has 2 aromatic rings. The normalized spacial score (nSPS) is 13.5. The van der Waals surface area contributed by atoms with E-state index in [0.717, 1.165) is 6.26 Å². The van der Waals surface area contributed by atoms with Crippen LogP contribution in [-0.4, -0.2) is 64.2 Å². The fourth-order valence-corrected chi connectivity index (χ4v) is 5.61. The van der Waals surface area contributed by atoms with Gasteiger partial charge in [0.15, 0.2) is 11.5 Å². The number of likely N-dealkylation sites (N-methyl/N-ethyl adjacent to an activating group) is 1. The van der Waals surface area contributed by atoms with E-state index >= 15 is 0 Å². The van der Waals surface area contributed by atoms with Crippen LogP contribution in [0.3, 0.4) is 0 Å². The molecule has 0 fully saturated rings. The highest BCUT2D eigenvalue weighted by Crippen LogP contribution is 2.35. The Morgan fingerprint density at radius 2 is 1.73 bits per heavy atom. The maximum Gasteiger partial charge on any atom is 0.242 e. The Labute approximate surface area is 227 Å². The Balaban J connectivity index is 1.79. The Bertz CT molecular complexity index is 1220. The minimum absolute atomic E-state index is 0.00609. The molecular weight excluding hydrogens is 541 g/mol. The van der Waals surface area contributed by atoms with Crippen LogP contribution >= 0.6 is 23.2 Å². The van der Waals surface area contributed by atoms with E-state index in [0.29, 0.717) is 52.4 Å². The van der Waals surface area contributed by atoms with Crippen LogP contribution in [0.25, 0.3) is 0 Å². The number of benzene rings is 2. The summed E-state index contributed by atoms with van der Waals surface area (Å²) in [5.74, 6) is 0.384. The molecule has 12 heteroatoms. The van der Waals surface area contributed by atoms with Crippen molar-refractivity contribution in [2.75, 3.05) is 37.4 Å². The number of carbonyl (C=O) groups excluding carboxylic acids is 2. The lowest BCUT2D eigenvalue weighted by atomic mass is 10.1. The summed E-state index contributed by atoms with van der Waals surface area (Å²) in [6, 6.07) is 9.22. The van der Waals surface area contributed by atoms with Crippen LogP contribution in [0.4, 0.5) is 5.69 Å². The minimum atomic E-state index is -3.65. The number of carbonyl (C=O) groups is 2. The maximum atomic E-state index is 13.4. The fraction of sp³-hybridized carbons (Fsp3) is 0.440. The van der Waals surface area contributed by atoms with Gasteiger partial charge in [0.1, 0.15) is 19.3 Å². The smallest absolute Gasteiger partial charge is 0.242 e. The number of hydrogen-bond donors (Lipinski definition) is 1. The Morgan fingerprint density at radius 3 is 2.32 bits per heavy atom. The summed E-state index contributed by atoms with van der Waals surface area (Å²) in [5, 5.41) is 3.37. The van der Waals surface area contributed by atoms with Crippen molar-refractivity contribution in [1.82, 2.24) is 10.2 Å².